The molecule has 1 heterocycles. The molecule has 1 aromatic heterocycles. The van der Waals surface area contributed by atoms with Gasteiger partial charge in [-0.2, -0.15) is 13.2 Å². The first-order chi connectivity index (χ1) is 10.1. The summed E-state index contributed by atoms with van der Waals surface area (Å²) < 4.78 is 41.2. The zero-order valence-corrected chi connectivity index (χ0v) is 11.8. The predicted molar refractivity (Wildman–Crippen MR) is 69.5 cm³/mol. The summed E-state index contributed by atoms with van der Waals surface area (Å²) in [5.74, 6) is -2.70. The summed E-state index contributed by atoms with van der Waals surface area (Å²) in [4.78, 5) is 37.9. The third-order valence-corrected chi connectivity index (χ3v) is 2.37. The summed E-state index contributed by atoms with van der Waals surface area (Å²) in [6.07, 6.45) is -5.35. The molecule has 6 nitrogen and oxygen atoms in total. The van der Waals surface area contributed by atoms with Gasteiger partial charge in [-0.3, -0.25) is 14.6 Å². The van der Waals surface area contributed by atoms with Gasteiger partial charge in [0, 0.05) is 13.1 Å². The Kier molecular flexibility index (Phi) is 5.61. The van der Waals surface area contributed by atoms with Crippen molar-refractivity contribution in [2.45, 2.75) is 26.4 Å². The Bertz CT molecular complexity index is 599. The fourth-order valence-corrected chi connectivity index (χ4v) is 1.54. The molecule has 0 saturated carbocycles. The minimum absolute atomic E-state index is 0.0864. The minimum atomic E-state index is -4.69. The minimum Gasteiger partial charge on any atom is -0.462 e. The number of carbonyl (C=O) groups is 3. The van der Waals surface area contributed by atoms with Gasteiger partial charge in [-0.15, -0.1) is 0 Å². The molecule has 0 aliphatic carbocycles. The van der Waals surface area contributed by atoms with Crippen LogP contribution in [0.2, 0.25) is 0 Å². The molecule has 22 heavy (non-hydrogen) atoms. The molecule has 9 heteroatoms. The number of Topliss-reactive ketones (excluding diaryl/α,β-unsaturated/α-hetero) is 1. The summed E-state index contributed by atoms with van der Waals surface area (Å²) in [5.41, 5.74) is -0.606. The van der Waals surface area contributed by atoms with Gasteiger partial charge in [-0.05, 0) is 13.0 Å². The molecule has 0 bridgehead atoms. The van der Waals surface area contributed by atoms with Gasteiger partial charge >= 0.3 is 12.1 Å². The number of aromatic nitrogens is 1. The van der Waals surface area contributed by atoms with Crippen LogP contribution < -0.4 is 5.32 Å². The van der Waals surface area contributed by atoms with Gasteiger partial charge in [0.1, 0.15) is 12.1 Å². The fraction of sp³-hybridized carbons (Fsp3) is 0.385. The number of hydrogen-bond acceptors (Lipinski definition) is 5. The second-order valence-electron chi connectivity index (χ2n) is 4.24. The van der Waals surface area contributed by atoms with Crippen molar-refractivity contribution in [3.8, 4) is 0 Å². The normalized spacial score (nSPS) is 11.0. The number of esters is 1. The lowest BCUT2D eigenvalue weighted by molar-refractivity contribution is -0.150. The van der Waals surface area contributed by atoms with Gasteiger partial charge in [0.25, 0.3) is 0 Å². The Morgan fingerprint density at radius 1 is 1.32 bits per heavy atom. The zero-order chi connectivity index (χ0) is 16.9. The molecule has 0 aliphatic heterocycles. The highest BCUT2D eigenvalue weighted by Crippen LogP contribution is 2.22. The number of halogens is 3. The lowest BCUT2D eigenvalue weighted by Gasteiger charge is -2.11. The Balaban J connectivity index is 3.08. The van der Waals surface area contributed by atoms with E-state index in [1.54, 1.807) is 6.92 Å². The molecule has 0 aromatic carbocycles. The van der Waals surface area contributed by atoms with Crippen molar-refractivity contribution in [3.63, 3.8) is 0 Å². The first kappa shape index (κ1) is 17.6. The van der Waals surface area contributed by atoms with Crippen LogP contribution in [-0.2, 0) is 9.53 Å². The molecule has 0 radical (unpaired) electrons. The largest absolute Gasteiger partial charge is 0.462 e. The number of pyridine rings is 1. The van der Waals surface area contributed by atoms with Gasteiger partial charge in [0.15, 0.2) is 5.78 Å². The molecule has 0 fully saturated rings. The van der Waals surface area contributed by atoms with E-state index in [2.05, 4.69) is 4.98 Å². The Morgan fingerprint density at radius 2 is 1.95 bits per heavy atom. The molecule has 1 aromatic rings. The van der Waals surface area contributed by atoms with Crippen molar-refractivity contribution < 1.29 is 32.3 Å². The van der Waals surface area contributed by atoms with Crippen LogP contribution in [0, 0.1) is 0 Å². The van der Waals surface area contributed by atoms with E-state index in [1.165, 1.54) is 0 Å². The smallest absolute Gasteiger partial charge is 0.397 e. The number of amides is 1. The number of nitrogens with zero attached hydrogens (tertiary/aromatic N) is 1. The van der Waals surface area contributed by atoms with Crippen LogP contribution in [0.5, 0.6) is 0 Å². The number of ketones is 1. The van der Waals surface area contributed by atoms with Gasteiger partial charge in [0.2, 0.25) is 5.91 Å². The number of anilines is 1. The molecule has 0 unspecified atom stereocenters. The van der Waals surface area contributed by atoms with E-state index in [9.17, 15) is 27.6 Å². The van der Waals surface area contributed by atoms with Crippen LogP contribution in [0.25, 0.3) is 0 Å². The summed E-state index contributed by atoms with van der Waals surface area (Å²) in [5, 5.41) is 1.94. The summed E-state index contributed by atoms with van der Waals surface area (Å²) in [6.45, 7) is 2.79. The number of hydrogen-bond donors (Lipinski definition) is 1. The Morgan fingerprint density at radius 3 is 2.45 bits per heavy atom. The molecule has 0 spiro atoms. The highest BCUT2D eigenvalue weighted by atomic mass is 19.4. The highest BCUT2D eigenvalue weighted by molar-refractivity contribution is 6.03. The SMILES string of the molecule is CCOC(=O)c1cnc(C(C)=O)c(NC(=O)CC(F)(F)F)c1. The van der Waals surface area contributed by atoms with E-state index < -0.39 is 30.3 Å². The second kappa shape index (κ2) is 7.01. The number of carbonyl (C=O) groups excluding carboxylic acids is 3. The van der Waals surface area contributed by atoms with Crippen molar-refractivity contribution >= 4 is 23.3 Å². The molecule has 120 valence electrons. The van der Waals surface area contributed by atoms with Crippen molar-refractivity contribution in [1.82, 2.24) is 4.98 Å². The maximum Gasteiger partial charge on any atom is 0.397 e. The Labute approximate surface area is 123 Å². The van der Waals surface area contributed by atoms with Crippen molar-refractivity contribution in [3.05, 3.63) is 23.5 Å². The predicted octanol–water partition coefficient (Wildman–Crippen LogP) is 2.35. The topological polar surface area (TPSA) is 85.4 Å². The monoisotopic (exact) mass is 318 g/mol. The maximum absolute atomic E-state index is 12.2. The average Bonchev–Trinajstić information content (AvgIpc) is 2.36. The van der Waals surface area contributed by atoms with Crippen LogP contribution >= 0.6 is 0 Å². The number of alkyl halides is 3. The number of nitrogens with one attached hydrogen (secondary N) is 1. The van der Waals surface area contributed by atoms with Crippen LogP contribution in [0.4, 0.5) is 18.9 Å². The van der Waals surface area contributed by atoms with Crippen molar-refractivity contribution in [1.29, 1.82) is 0 Å². The Hall–Kier alpha value is -2.45. The first-order valence-electron chi connectivity index (χ1n) is 6.18. The fourth-order valence-electron chi connectivity index (χ4n) is 1.54. The van der Waals surface area contributed by atoms with E-state index in [1.807, 2.05) is 5.32 Å². The van der Waals surface area contributed by atoms with E-state index >= 15 is 0 Å². The lowest BCUT2D eigenvalue weighted by Crippen LogP contribution is -2.22. The van der Waals surface area contributed by atoms with Crippen LogP contribution in [0.15, 0.2) is 12.3 Å². The average molecular weight is 318 g/mol. The van der Waals surface area contributed by atoms with E-state index in [-0.39, 0.29) is 23.6 Å². The number of rotatable bonds is 5. The lowest BCUT2D eigenvalue weighted by atomic mass is 10.1. The highest BCUT2D eigenvalue weighted by Gasteiger charge is 2.31. The summed E-state index contributed by atoms with van der Waals surface area (Å²) >= 11 is 0. The molecular weight excluding hydrogens is 305 g/mol. The summed E-state index contributed by atoms with van der Waals surface area (Å²) in [7, 11) is 0. The second-order valence-corrected chi connectivity index (χ2v) is 4.24. The molecular formula is C13H13F3N2O4. The molecule has 1 rings (SSSR count). The van der Waals surface area contributed by atoms with Crippen LogP contribution in [-0.4, -0.2) is 35.4 Å². The molecule has 0 aliphatic rings. The molecule has 1 amide bonds. The third-order valence-electron chi connectivity index (χ3n) is 2.37. The maximum atomic E-state index is 12.2. The van der Waals surface area contributed by atoms with Gasteiger partial charge in [-0.1, -0.05) is 0 Å². The molecule has 1 N–H and O–H groups in total. The number of ether oxygens (including phenoxy) is 1. The standard InChI is InChI=1S/C13H13F3N2O4/c1-3-22-12(21)8-4-9(11(7(2)19)17-6-8)18-10(20)5-13(14,15)16/h4,6H,3,5H2,1-2H3,(H,18,20). The molecule has 0 atom stereocenters. The van der Waals surface area contributed by atoms with Gasteiger partial charge in [0.05, 0.1) is 17.9 Å². The third kappa shape index (κ3) is 5.15. The quantitative estimate of drug-likeness (QED) is 0.665. The van der Waals surface area contributed by atoms with Crippen molar-refractivity contribution in [2.24, 2.45) is 0 Å². The van der Waals surface area contributed by atoms with Gasteiger partial charge < -0.3 is 10.1 Å². The summed E-state index contributed by atoms with van der Waals surface area (Å²) in [6, 6.07) is 1.05. The van der Waals surface area contributed by atoms with E-state index in [0.717, 1.165) is 19.2 Å². The van der Waals surface area contributed by atoms with Crippen LogP contribution in [0.1, 0.15) is 41.1 Å². The van der Waals surface area contributed by atoms with E-state index in [0.29, 0.717) is 0 Å². The van der Waals surface area contributed by atoms with Crippen LogP contribution in [0.3, 0.4) is 0 Å². The van der Waals surface area contributed by atoms with E-state index in [4.69, 9.17) is 4.74 Å². The first-order valence-corrected chi connectivity index (χ1v) is 6.18. The zero-order valence-electron chi connectivity index (χ0n) is 11.8. The van der Waals surface area contributed by atoms with Gasteiger partial charge in [-0.25, -0.2) is 4.79 Å². The van der Waals surface area contributed by atoms with Crippen molar-refractivity contribution in [2.75, 3.05) is 11.9 Å². The molecule has 0 saturated heterocycles.